The van der Waals surface area contributed by atoms with Crippen LogP contribution in [0, 0.1) is 11.8 Å². The first-order chi connectivity index (χ1) is 5.04. The van der Waals surface area contributed by atoms with Crippen molar-refractivity contribution in [2.45, 2.75) is 27.7 Å². The molecule has 0 aliphatic heterocycles. The van der Waals surface area contributed by atoms with Gasteiger partial charge in [-0.3, -0.25) is 0 Å². The molecule has 0 aliphatic carbocycles. The Bertz CT molecular complexity index is 152. The van der Waals surface area contributed by atoms with Crippen LogP contribution in [0.15, 0.2) is 22.7 Å². The van der Waals surface area contributed by atoms with Gasteiger partial charge in [0.25, 0.3) is 0 Å². The highest BCUT2D eigenvalue weighted by atomic mass is 79.9. The number of hydrogen-bond donors (Lipinski definition) is 0. The quantitative estimate of drug-likeness (QED) is 0.623. The molecule has 0 aromatic rings. The van der Waals surface area contributed by atoms with E-state index in [-0.39, 0.29) is 0 Å². The highest BCUT2D eigenvalue weighted by Gasteiger charge is 1.94. The van der Waals surface area contributed by atoms with Gasteiger partial charge in [0.15, 0.2) is 0 Å². The summed E-state index contributed by atoms with van der Waals surface area (Å²) in [6.45, 7) is 8.69. The van der Waals surface area contributed by atoms with Crippen molar-refractivity contribution in [3.05, 3.63) is 22.7 Å². The van der Waals surface area contributed by atoms with Crippen molar-refractivity contribution in [3.8, 4) is 0 Å². The van der Waals surface area contributed by atoms with E-state index >= 15 is 0 Å². The fourth-order valence-corrected chi connectivity index (χ4v) is 0.715. The molecule has 0 amide bonds. The second kappa shape index (κ2) is 5.59. The molecule has 0 spiro atoms. The molecule has 11 heavy (non-hydrogen) atoms. The number of halogens is 1. The molecule has 0 radical (unpaired) electrons. The van der Waals surface area contributed by atoms with Crippen LogP contribution >= 0.6 is 15.9 Å². The molecule has 0 nitrogen and oxygen atoms in total. The molecule has 0 N–H and O–H groups in total. The maximum atomic E-state index is 3.50. The van der Waals surface area contributed by atoms with Gasteiger partial charge in [0, 0.05) is 0 Å². The summed E-state index contributed by atoms with van der Waals surface area (Å²) in [5.74, 6) is 1.23. The standard InChI is InChI=1S/C10H17Br/c1-8(2)6-5-7-10(11)9(3)4/h5-9H,1-4H3/b6-5-,10-7+. The lowest BCUT2D eigenvalue weighted by Gasteiger charge is -1.99. The van der Waals surface area contributed by atoms with E-state index in [1.807, 2.05) is 0 Å². The summed E-state index contributed by atoms with van der Waals surface area (Å²) in [6, 6.07) is 0. The molecule has 0 rings (SSSR count). The summed E-state index contributed by atoms with van der Waals surface area (Å²) in [5.41, 5.74) is 0. The highest BCUT2D eigenvalue weighted by molar-refractivity contribution is 9.11. The summed E-state index contributed by atoms with van der Waals surface area (Å²) in [5, 5.41) is 0. The van der Waals surface area contributed by atoms with E-state index in [2.05, 4.69) is 61.9 Å². The molecule has 0 saturated heterocycles. The van der Waals surface area contributed by atoms with Crippen molar-refractivity contribution >= 4 is 15.9 Å². The van der Waals surface area contributed by atoms with E-state index in [0.717, 1.165) is 0 Å². The van der Waals surface area contributed by atoms with Gasteiger partial charge in [-0.25, -0.2) is 0 Å². The van der Waals surface area contributed by atoms with Crippen molar-refractivity contribution in [2.24, 2.45) is 11.8 Å². The van der Waals surface area contributed by atoms with Crippen LogP contribution in [0.25, 0.3) is 0 Å². The maximum Gasteiger partial charge on any atom is -0.00240 e. The van der Waals surface area contributed by atoms with E-state index in [4.69, 9.17) is 0 Å². The van der Waals surface area contributed by atoms with E-state index < -0.39 is 0 Å². The van der Waals surface area contributed by atoms with Gasteiger partial charge in [0.2, 0.25) is 0 Å². The number of hydrogen-bond acceptors (Lipinski definition) is 0. The minimum Gasteiger partial charge on any atom is -0.0819 e. The lowest BCUT2D eigenvalue weighted by atomic mass is 10.2. The summed E-state index contributed by atoms with van der Waals surface area (Å²) in [6.07, 6.45) is 6.41. The predicted molar refractivity (Wildman–Crippen MR) is 55.8 cm³/mol. The van der Waals surface area contributed by atoms with Crippen molar-refractivity contribution < 1.29 is 0 Å². The topological polar surface area (TPSA) is 0 Å². The lowest BCUT2D eigenvalue weighted by Crippen LogP contribution is -1.83. The Morgan fingerprint density at radius 2 is 1.73 bits per heavy atom. The molecule has 0 saturated carbocycles. The Balaban J connectivity index is 3.91. The molecule has 1 heteroatoms. The van der Waals surface area contributed by atoms with Crippen LogP contribution in [0.4, 0.5) is 0 Å². The normalized spacial score (nSPS) is 13.9. The van der Waals surface area contributed by atoms with E-state index in [0.29, 0.717) is 11.8 Å². The molecule has 0 fully saturated rings. The first kappa shape index (κ1) is 11.0. The Morgan fingerprint density at radius 3 is 2.09 bits per heavy atom. The second-order valence-corrected chi connectivity index (χ2v) is 4.25. The third-order valence-corrected chi connectivity index (χ3v) is 2.48. The van der Waals surface area contributed by atoms with Crippen molar-refractivity contribution in [1.29, 1.82) is 0 Å². The van der Waals surface area contributed by atoms with Gasteiger partial charge >= 0.3 is 0 Å². The van der Waals surface area contributed by atoms with Gasteiger partial charge in [0.05, 0.1) is 0 Å². The Hall–Kier alpha value is -0.0400. The van der Waals surface area contributed by atoms with Crippen LogP contribution in [-0.2, 0) is 0 Å². The smallest absolute Gasteiger partial charge is 0.00240 e. The van der Waals surface area contributed by atoms with Crippen LogP contribution in [0.1, 0.15) is 27.7 Å². The van der Waals surface area contributed by atoms with Crippen LogP contribution < -0.4 is 0 Å². The van der Waals surface area contributed by atoms with E-state index in [9.17, 15) is 0 Å². The highest BCUT2D eigenvalue weighted by Crippen LogP contribution is 2.16. The molecule has 0 heterocycles. The SMILES string of the molecule is CC(C)/C=C\C=C(\Br)C(C)C. The Morgan fingerprint density at radius 1 is 1.18 bits per heavy atom. The fraction of sp³-hybridized carbons (Fsp3) is 0.600. The monoisotopic (exact) mass is 216 g/mol. The first-order valence-electron chi connectivity index (χ1n) is 4.08. The number of allylic oxidation sites excluding steroid dienone is 4. The van der Waals surface area contributed by atoms with Gasteiger partial charge in [-0.05, 0) is 16.3 Å². The largest absolute Gasteiger partial charge is 0.0819 e. The molecule has 0 atom stereocenters. The van der Waals surface area contributed by atoms with Gasteiger partial charge < -0.3 is 0 Å². The molecule has 0 unspecified atom stereocenters. The Kier molecular flexibility index (Phi) is 5.57. The summed E-state index contributed by atoms with van der Waals surface area (Å²) >= 11 is 3.50. The third kappa shape index (κ3) is 6.36. The molecule has 64 valence electrons. The van der Waals surface area contributed by atoms with Gasteiger partial charge in [-0.15, -0.1) is 0 Å². The molecule has 0 aromatic heterocycles. The van der Waals surface area contributed by atoms with Crippen LogP contribution in [-0.4, -0.2) is 0 Å². The average Bonchev–Trinajstić information content (AvgIpc) is 1.86. The maximum absolute atomic E-state index is 3.50. The third-order valence-electron chi connectivity index (χ3n) is 1.30. The lowest BCUT2D eigenvalue weighted by molar-refractivity contribution is 0.817. The van der Waals surface area contributed by atoms with Gasteiger partial charge in [-0.2, -0.15) is 0 Å². The molecule has 0 aromatic carbocycles. The second-order valence-electron chi connectivity index (χ2n) is 3.34. The first-order valence-corrected chi connectivity index (χ1v) is 4.87. The molecular formula is C10H17Br. The van der Waals surface area contributed by atoms with Crippen molar-refractivity contribution in [3.63, 3.8) is 0 Å². The minimum absolute atomic E-state index is 0.590. The van der Waals surface area contributed by atoms with Crippen molar-refractivity contribution in [2.75, 3.05) is 0 Å². The van der Waals surface area contributed by atoms with Crippen LogP contribution in [0.2, 0.25) is 0 Å². The zero-order valence-electron chi connectivity index (χ0n) is 7.76. The van der Waals surface area contributed by atoms with Gasteiger partial charge in [-0.1, -0.05) is 61.9 Å². The summed E-state index contributed by atoms with van der Waals surface area (Å²) in [7, 11) is 0. The number of rotatable bonds is 3. The Labute approximate surface area is 78.5 Å². The molecule has 0 aliphatic rings. The molecular weight excluding hydrogens is 200 g/mol. The zero-order valence-corrected chi connectivity index (χ0v) is 9.35. The summed E-state index contributed by atoms with van der Waals surface area (Å²) in [4.78, 5) is 0. The fourth-order valence-electron chi connectivity index (χ4n) is 0.562. The van der Waals surface area contributed by atoms with Crippen molar-refractivity contribution in [1.82, 2.24) is 0 Å². The van der Waals surface area contributed by atoms with E-state index in [1.54, 1.807) is 0 Å². The minimum atomic E-state index is 0.590. The molecule has 0 bridgehead atoms. The van der Waals surface area contributed by atoms with Crippen LogP contribution in [0.3, 0.4) is 0 Å². The zero-order chi connectivity index (χ0) is 8.85. The van der Waals surface area contributed by atoms with E-state index in [1.165, 1.54) is 4.48 Å². The average molecular weight is 217 g/mol. The van der Waals surface area contributed by atoms with Gasteiger partial charge in [0.1, 0.15) is 0 Å². The van der Waals surface area contributed by atoms with Crippen LogP contribution in [0.5, 0.6) is 0 Å². The predicted octanol–water partition coefficient (Wildman–Crippen LogP) is 4.13. The summed E-state index contributed by atoms with van der Waals surface area (Å²) < 4.78 is 1.26.